The Balaban J connectivity index is 0.00000480. The minimum atomic E-state index is -4.34. The molecule has 0 aromatic heterocycles. The van der Waals surface area contributed by atoms with Crippen LogP contribution in [0.4, 0.5) is 0 Å². The molecule has 2 heterocycles. The number of sulfonamides is 2. The van der Waals surface area contributed by atoms with E-state index in [0.717, 1.165) is 11.1 Å². The smallest absolute Gasteiger partial charge is 0.244 e. The van der Waals surface area contributed by atoms with Gasteiger partial charge in [-0.15, -0.1) is 0 Å². The van der Waals surface area contributed by atoms with Gasteiger partial charge in [-0.3, -0.25) is 0 Å². The van der Waals surface area contributed by atoms with Gasteiger partial charge in [0.05, 0.1) is 34.0 Å². The molecule has 0 amide bonds. The van der Waals surface area contributed by atoms with Crippen LogP contribution in [0.15, 0.2) is 58.3 Å². The SMILES string of the molecule is CC(C)c1cc(C(C)C)c(S(=O)(=O)N2[C@@H](c3cccc([C@H]4CC[C@@H](C(O)O)N4S(=O)(=O)c4c(C(C)C)cc(C(C)C)cc4C(C)C)c3)CC[C@H]2C(O)O)c(C(C)C)c1.[Rh].[Rh]. The van der Waals surface area contributed by atoms with Gasteiger partial charge in [-0.25, -0.2) is 16.8 Å². The Morgan fingerprint density at radius 1 is 0.467 bits per heavy atom. The third-order valence-corrected chi connectivity index (χ3v) is 16.5. The molecule has 2 radical (unpaired) electrons. The first-order valence-electron chi connectivity index (χ1n) is 21.2. The average Bonchev–Trinajstić information content (AvgIpc) is 3.81. The molecule has 3 aromatic rings. The third-order valence-electron chi connectivity index (χ3n) is 12.3. The molecular formula is C46H68N2O8Rh2S2. The number of hydrogen-bond acceptors (Lipinski definition) is 8. The Kier molecular flexibility index (Phi) is 18.2. The number of hydrogen-bond donors (Lipinski definition) is 4. The first kappa shape index (κ1) is 52.9. The molecule has 0 aliphatic carbocycles. The fraction of sp³-hybridized carbons (Fsp3) is 0.609. The van der Waals surface area contributed by atoms with Crippen LogP contribution in [0.25, 0.3) is 0 Å². The molecule has 4 atom stereocenters. The summed E-state index contributed by atoms with van der Waals surface area (Å²) in [5.41, 5.74) is 6.00. The number of aliphatic hydroxyl groups is 4. The second-order valence-corrected chi connectivity index (χ2v) is 22.0. The zero-order valence-electron chi connectivity index (χ0n) is 37.2. The van der Waals surface area contributed by atoms with Gasteiger partial charge in [0.1, 0.15) is 0 Å². The van der Waals surface area contributed by atoms with E-state index in [0.29, 0.717) is 46.2 Å². The van der Waals surface area contributed by atoms with Crippen molar-refractivity contribution in [2.45, 2.75) is 191 Å². The fourth-order valence-corrected chi connectivity index (χ4v) is 14.1. The van der Waals surface area contributed by atoms with Gasteiger partial charge in [0.15, 0.2) is 12.6 Å². The van der Waals surface area contributed by atoms with Gasteiger partial charge in [-0.1, -0.05) is 132 Å². The van der Waals surface area contributed by atoms with Crippen LogP contribution in [-0.4, -0.2) is 70.5 Å². The molecule has 0 spiro atoms. The van der Waals surface area contributed by atoms with E-state index in [9.17, 15) is 20.4 Å². The normalized spacial score (nSPS) is 20.8. The van der Waals surface area contributed by atoms with E-state index in [4.69, 9.17) is 0 Å². The van der Waals surface area contributed by atoms with Crippen LogP contribution >= 0.6 is 0 Å². The minimum Gasteiger partial charge on any atom is -0.367 e. The van der Waals surface area contributed by atoms with Crippen molar-refractivity contribution < 1.29 is 76.2 Å². The zero-order valence-corrected chi connectivity index (χ0v) is 42.1. The number of nitrogens with zero attached hydrogens (tertiary/aromatic N) is 2. The summed E-state index contributed by atoms with van der Waals surface area (Å²) < 4.78 is 63.6. The quantitative estimate of drug-likeness (QED) is 0.0923. The molecule has 0 bridgehead atoms. The van der Waals surface area contributed by atoms with Crippen LogP contribution < -0.4 is 0 Å². The maximum absolute atomic E-state index is 15.3. The maximum atomic E-state index is 15.3. The largest absolute Gasteiger partial charge is 0.367 e. The van der Waals surface area contributed by atoms with Gasteiger partial charge in [0, 0.05) is 39.0 Å². The molecule has 340 valence electrons. The molecule has 3 aromatic carbocycles. The molecule has 0 saturated carbocycles. The molecular weight excluding hydrogens is 978 g/mol. The van der Waals surface area contributed by atoms with E-state index in [1.54, 1.807) is 6.07 Å². The summed E-state index contributed by atoms with van der Waals surface area (Å²) in [5.74, 6) is -0.215. The van der Waals surface area contributed by atoms with Gasteiger partial charge < -0.3 is 20.4 Å². The summed E-state index contributed by atoms with van der Waals surface area (Å²) in [6.07, 6.45) is -2.84. The Hall–Kier alpha value is -1.43. The number of rotatable bonds is 14. The van der Waals surface area contributed by atoms with E-state index >= 15 is 16.8 Å². The second kappa shape index (κ2) is 20.6. The fourth-order valence-electron chi connectivity index (χ4n) is 9.07. The summed E-state index contributed by atoms with van der Waals surface area (Å²) in [5, 5.41) is 42.8. The monoisotopic (exact) mass is 1050 g/mol. The van der Waals surface area contributed by atoms with E-state index in [1.807, 2.05) is 97.9 Å². The van der Waals surface area contributed by atoms with Crippen LogP contribution in [0.1, 0.15) is 201 Å². The van der Waals surface area contributed by atoms with Crippen LogP contribution in [0.5, 0.6) is 0 Å². The van der Waals surface area contributed by atoms with Crippen LogP contribution in [0.2, 0.25) is 0 Å². The Morgan fingerprint density at radius 3 is 0.983 bits per heavy atom. The van der Waals surface area contributed by atoms with Crippen molar-refractivity contribution in [2.24, 2.45) is 0 Å². The molecule has 2 fully saturated rings. The first-order chi connectivity index (χ1) is 26.9. The summed E-state index contributed by atoms with van der Waals surface area (Å²) in [7, 11) is -8.68. The second-order valence-electron chi connectivity index (χ2n) is 18.5. The van der Waals surface area contributed by atoms with E-state index in [-0.39, 0.29) is 97.1 Å². The third kappa shape index (κ3) is 10.2. The molecule has 2 aliphatic heterocycles. The Morgan fingerprint density at radius 2 is 0.750 bits per heavy atom. The minimum absolute atomic E-state index is 0. The van der Waals surface area contributed by atoms with E-state index in [1.165, 1.54) is 8.61 Å². The zero-order chi connectivity index (χ0) is 43.3. The average molecular weight is 1050 g/mol. The molecule has 14 heteroatoms. The predicted molar refractivity (Wildman–Crippen MR) is 230 cm³/mol. The van der Waals surface area contributed by atoms with Crippen molar-refractivity contribution >= 4 is 20.0 Å². The molecule has 4 N–H and O–H groups in total. The summed E-state index contributed by atoms with van der Waals surface area (Å²) in [6.45, 7) is 24.1. The molecule has 60 heavy (non-hydrogen) atoms. The summed E-state index contributed by atoms with van der Waals surface area (Å²) >= 11 is 0. The predicted octanol–water partition coefficient (Wildman–Crippen LogP) is 8.83. The Bertz CT molecular complexity index is 1960. The van der Waals surface area contributed by atoms with Gasteiger partial charge in [0.2, 0.25) is 20.0 Å². The summed E-state index contributed by atoms with van der Waals surface area (Å²) in [4.78, 5) is 0.405. The van der Waals surface area contributed by atoms with Crippen molar-refractivity contribution in [3.8, 4) is 0 Å². The van der Waals surface area contributed by atoms with Crippen molar-refractivity contribution in [3.63, 3.8) is 0 Å². The Labute approximate surface area is 386 Å². The van der Waals surface area contributed by atoms with Crippen LogP contribution in [-0.2, 0) is 59.0 Å². The maximum Gasteiger partial charge on any atom is 0.244 e. The van der Waals surface area contributed by atoms with Gasteiger partial charge in [-0.2, -0.15) is 8.61 Å². The van der Waals surface area contributed by atoms with E-state index in [2.05, 4.69) is 27.7 Å². The molecule has 5 rings (SSSR count). The van der Waals surface area contributed by atoms with Crippen molar-refractivity contribution in [1.29, 1.82) is 0 Å². The number of benzene rings is 3. The topological polar surface area (TPSA) is 156 Å². The van der Waals surface area contributed by atoms with Crippen molar-refractivity contribution in [1.82, 2.24) is 8.61 Å². The van der Waals surface area contributed by atoms with Crippen LogP contribution in [0.3, 0.4) is 0 Å². The van der Waals surface area contributed by atoms with Crippen molar-refractivity contribution in [2.75, 3.05) is 0 Å². The van der Waals surface area contributed by atoms with Crippen molar-refractivity contribution in [3.05, 3.63) is 93.0 Å². The molecule has 10 nitrogen and oxygen atoms in total. The van der Waals surface area contributed by atoms with Gasteiger partial charge in [0.25, 0.3) is 0 Å². The first-order valence-corrected chi connectivity index (χ1v) is 24.1. The van der Waals surface area contributed by atoms with Crippen LogP contribution in [0, 0.1) is 0 Å². The number of aliphatic hydroxyl groups excluding tert-OH is 2. The molecule has 2 saturated heterocycles. The molecule has 0 unspecified atom stereocenters. The standard InChI is InChI=1S/C46H68N2O8S2.2Rh/c1-25(2)33-21-35(27(5)6)43(36(22-33)28(7)8)57(53,54)47-39(16-18-41(47)45(49)50)31-14-13-15-32(20-31)40-17-19-42(46(51)52)48(40)58(55,56)44-37(29(9)10)23-34(26(3)4)24-38(44)30(11)12;;/h13-15,20-30,39-42,45-46,49-52H,16-19H2,1-12H3;;/t39-,40-,41+,42+;;/m1../s1. The van der Waals surface area contributed by atoms with Gasteiger partial charge >= 0.3 is 0 Å². The van der Waals surface area contributed by atoms with Gasteiger partial charge in [-0.05, 0) is 106 Å². The van der Waals surface area contributed by atoms with E-state index < -0.39 is 56.8 Å². The molecule has 2 aliphatic rings. The summed E-state index contributed by atoms with van der Waals surface area (Å²) in [6, 6.07) is 11.3.